The molecule has 1 aliphatic rings. The van der Waals surface area contributed by atoms with Gasteiger partial charge in [0, 0.05) is 17.0 Å². The van der Waals surface area contributed by atoms with Gasteiger partial charge in [0.25, 0.3) is 5.91 Å². The topological polar surface area (TPSA) is 88.5 Å². The molecular weight excluding hydrogens is 344 g/mol. The van der Waals surface area contributed by atoms with Crippen molar-refractivity contribution in [3.05, 3.63) is 53.2 Å². The Morgan fingerprint density at radius 2 is 2.11 bits per heavy atom. The Balaban J connectivity index is 1.97. The van der Waals surface area contributed by atoms with Crippen LogP contribution in [0, 0.1) is 13.8 Å². The van der Waals surface area contributed by atoms with Gasteiger partial charge in [0.2, 0.25) is 0 Å². The number of benzene rings is 1. The van der Waals surface area contributed by atoms with Crippen LogP contribution in [0.3, 0.4) is 0 Å². The highest BCUT2D eigenvalue weighted by molar-refractivity contribution is 6.08. The number of aromatic nitrogens is 1. The third kappa shape index (κ3) is 4.34. The fourth-order valence-electron chi connectivity index (χ4n) is 3.16. The van der Waals surface area contributed by atoms with Gasteiger partial charge in [-0.05, 0) is 44.4 Å². The van der Waals surface area contributed by atoms with Crippen LogP contribution in [0.15, 0.2) is 30.9 Å². The van der Waals surface area contributed by atoms with Gasteiger partial charge in [0.1, 0.15) is 0 Å². The van der Waals surface area contributed by atoms with Crippen molar-refractivity contribution in [2.24, 2.45) is 0 Å². The predicted molar refractivity (Wildman–Crippen MR) is 103 cm³/mol. The molecule has 0 bridgehead atoms. The largest absolute Gasteiger partial charge is 0.480 e. The quantitative estimate of drug-likeness (QED) is 0.552. The molecule has 0 spiro atoms. The Hall–Kier alpha value is -2.73. The van der Waals surface area contributed by atoms with E-state index in [-0.39, 0.29) is 13.2 Å². The number of nitrogens with zero attached hydrogens (tertiary/aromatic N) is 1. The number of fused-ring (bicyclic) bond motifs is 1. The molecular formula is C21H24N2O4. The van der Waals surface area contributed by atoms with Crippen molar-refractivity contribution >= 4 is 22.8 Å². The molecule has 0 radical (unpaired) electrons. The van der Waals surface area contributed by atoms with Gasteiger partial charge in [-0.15, -0.1) is 6.58 Å². The van der Waals surface area contributed by atoms with Gasteiger partial charge in [-0.1, -0.05) is 17.7 Å². The molecule has 1 atom stereocenters. The maximum atomic E-state index is 12.9. The van der Waals surface area contributed by atoms with Crippen LogP contribution in [0.25, 0.3) is 10.9 Å². The van der Waals surface area contributed by atoms with Crippen molar-refractivity contribution < 1.29 is 19.4 Å². The van der Waals surface area contributed by atoms with Gasteiger partial charge in [-0.2, -0.15) is 0 Å². The molecule has 6 heteroatoms. The molecule has 1 saturated carbocycles. The van der Waals surface area contributed by atoms with Gasteiger partial charge in [-0.25, -0.2) is 4.79 Å². The maximum Gasteiger partial charge on any atom is 0.328 e. The highest BCUT2D eigenvalue weighted by Crippen LogP contribution is 2.40. The highest BCUT2D eigenvalue weighted by atomic mass is 16.5. The van der Waals surface area contributed by atoms with Crippen molar-refractivity contribution in [2.75, 3.05) is 13.2 Å². The Morgan fingerprint density at radius 1 is 1.37 bits per heavy atom. The Morgan fingerprint density at radius 3 is 2.74 bits per heavy atom. The number of nitrogens with one attached hydrogen (secondary N) is 1. The van der Waals surface area contributed by atoms with E-state index in [4.69, 9.17) is 9.72 Å². The summed E-state index contributed by atoms with van der Waals surface area (Å²) in [5.74, 6) is -1.18. The molecule has 0 saturated heterocycles. The lowest BCUT2D eigenvalue weighted by Crippen LogP contribution is -2.44. The number of aliphatic carboxylic acids is 1. The molecule has 1 fully saturated rings. The number of carbonyl (C=O) groups excluding carboxylic acids is 1. The number of carbonyl (C=O) groups is 2. The predicted octanol–water partition coefficient (Wildman–Crippen LogP) is 3.11. The molecule has 2 N–H and O–H groups in total. The molecule has 1 aromatic heterocycles. The summed E-state index contributed by atoms with van der Waals surface area (Å²) in [4.78, 5) is 29.2. The first-order valence-electron chi connectivity index (χ1n) is 9.05. The molecule has 0 aliphatic heterocycles. The van der Waals surface area contributed by atoms with Crippen LogP contribution >= 0.6 is 0 Å². The van der Waals surface area contributed by atoms with E-state index in [0.717, 1.165) is 40.6 Å². The van der Waals surface area contributed by atoms with Crippen LogP contribution in [0.1, 0.15) is 45.9 Å². The van der Waals surface area contributed by atoms with E-state index in [9.17, 15) is 14.7 Å². The standard InChI is InChI=1S/C21H24N2O4/c1-4-7-27-11-18(21(25)26)23-20(24)16-10-17(14-5-6-14)22-19-13(3)8-12(2)9-15(16)19/h4,8-10,14,18H,1,5-7,11H2,2-3H3,(H,23,24)(H,25,26). The normalized spacial score (nSPS) is 14.7. The van der Waals surface area contributed by atoms with E-state index < -0.39 is 17.9 Å². The zero-order chi connectivity index (χ0) is 19.6. The van der Waals surface area contributed by atoms with Gasteiger partial charge < -0.3 is 15.2 Å². The van der Waals surface area contributed by atoms with E-state index in [2.05, 4.69) is 11.9 Å². The summed E-state index contributed by atoms with van der Waals surface area (Å²) in [6.45, 7) is 7.57. The van der Waals surface area contributed by atoms with E-state index in [1.165, 1.54) is 6.08 Å². The number of ether oxygens (including phenoxy) is 1. The number of carboxylic acids is 1. The maximum absolute atomic E-state index is 12.9. The summed E-state index contributed by atoms with van der Waals surface area (Å²) >= 11 is 0. The zero-order valence-electron chi connectivity index (χ0n) is 15.6. The molecule has 6 nitrogen and oxygen atoms in total. The first-order chi connectivity index (χ1) is 12.9. The lowest BCUT2D eigenvalue weighted by atomic mass is 10.00. The Kier molecular flexibility index (Phi) is 5.56. The lowest BCUT2D eigenvalue weighted by Gasteiger charge is -2.16. The van der Waals surface area contributed by atoms with Crippen LogP contribution in [-0.2, 0) is 9.53 Å². The minimum absolute atomic E-state index is 0.121. The van der Waals surface area contributed by atoms with Crippen LogP contribution in [0.5, 0.6) is 0 Å². The summed E-state index contributed by atoms with van der Waals surface area (Å²) in [6.07, 6.45) is 3.67. The van der Waals surface area contributed by atoms with Gasteiger partial charge in [0.05, 0.1) is 24.3 Å². The first-order valence-corrected chi connectivity index (χ1v) is 9.05. The smallest absolute Gasteiger partial charge is 0.328 e. The number of amides is 1. The third-order valence-corrected chi connectivity index (χ3v) is 4.63. The molecule has 1 heterocycles. The SMILES string of the molecule is C=CCOCC(NC(=O)c1cc(C2CC2)nc2c(C)cc(C)cc12)C(=O)O. The minimum atomic E-state index is -1.14. The molecule has 142 valence electrons. The van der Waals surface area contributed by atoms with Crippen LogP contribution in [0.2, 0.25) is 0 Å². The van der Waals surface area contributed by atoms with Crippen LogP contribution in [0.4, 0.5) is 0 Å². The summed E-state index contributed by atoms with van der Waals surface area (Å²) in [5, 5.41) is 12.7. The summed E-state index contributed by atoms with van der Waals surface area (Å²) in [5.41, 5.74) is 4.19. The van der Waals surface area contributed by atoms with Gasteiger partial charge in [-0.3, -0.25) is 9.78 Å². The van der Waals surface area contributed by atoms with E-state index >= 15 is 0 Å². The van der Waals surface area contributed by atoms with Crippen LogP contribution in [-0.4, -0.2) is 41.2 Å². The van der Waals surface area contributed by atoms with Gasteiger partial charge >= 0.3 is 5.97 Å². The number of aryl methyl sites for hydroxylation is 2. The van der Waals surface area contributed by atoms with Crippen molar-refractivity contribution in [1.29, 1.82) is 0 Å². The number of carboxylic acid groups (broad SMARTS) is 1. The van der Waals surface area contributed by atoms with Crippen molar-refractivity contribution in [2.45, 2.75) is 38.6 Å². The highest BCUT2D eigenvalue weighted by Gasteiger charge is 2.28. The monoisotopic (exact) mass is 368 g/mol. The number of rotatable bonds is 8. The van der Waals surface area contributed by atoms with Crippen LogP contribution < -0.4 is 5.32 Å². The summed E-state index contributed by atoms with van der Waals surface area (Å²) in [6, 6.07) is 4.63. The molecule has 27 heavy (non-hydrogen) atoms. The third-order valence-electron chi connectivity index (χ3n) is 4.63. The second-order valence-corrected chi connectivity index (χ2v) is 7.04. The molecule has 1 aromatic carbocycles. The molecule has 1 aliphatic carbocycles. The van der Waals surface area contributed by atoms with Crippen molar-refractivity contribution in [1.82, 2.24) is 10.3 Å². The van der Waals surface area contributed by atoms with Crippen molar-refractivity contribution in [3.63, 3.8) is 0 Å². The Bertz CT molecular complexity index is 903. The Labute approximate surface area is 158 Å². The van der Waals surface area contributed by atoms with E-state index in [1.807, 2.05) is 26.0 Å². The molecule has 1 amide bonds. The van der Waals surface area contributed by atoms with E-state index in [0.29, 0.717) is 11.5 Å². The summed E-state index contributed by atoms with van der Waals surface area (Å²) < 4.78 is 5.21. The zero-order valence-corrected chi connectivity index (χ0v) is 15.6. The number of hydrogen-bond donors (Lipinski definition) is 2. The number of pyridine rings is 1. The number of hydrogen-bond acceptors (Lipinski definition) is 4. The van der Waals surface area contributed by atoms with Gasteiger partial charge in [0.15, 0.2) is 6.04 Å². The minimum Gasteiger partial charge on any atom is -0.480 e. The average Bonchev–Trinajstić information content (AvgIpc) is 3.45. The second-order valence-electron chi connectivity index (χ2n) is 7.04. The second kappa shape index (κ2) is 7.88. The summed E-state index contributed by atoms with van der Waals surface area (Å²) in [7, 11) is 0. The fraction of sp³-hybridized carbons (Fsp3) is 0.381. The van der Waals surface area contributed by atoms with E-state index in [1.54, 1.807) is 6.07 Å². The lowest BCUT2D eigenvalue weighted by molar-refractivity contribution is -0.140. The molecule has 3 rings (SSSR count). The molecule has 2 aromatic rings. The van der Waals surface area contributed by atoms with Crippen molar-refractivity contribution in [3.8, 4) is 0 Å². The molecule has 1 unspecified atom stereocenters. The average molecular weight is 368 g/mol. The first kappa shape index (κ1) is 19.0. The fourth-order valence-corrected chi connectivity index (χ4v) is 3.16.